The third-order valence-corrected chi connectivity index (χ3v) is 8.78. The highest BCUT2D eigenvalue weighted by Crippen LogP contribution is 2.54. The maximum absolute atomic E-state index is 14.1. The molecule has 0 aliphatic heterocycles. The van der Waals surface area contributed by atoms with Crippen molar-refractivity contribution < 1.29 is 44.3 Å². The van der Waals surface area contributed by atoms with Crippen LogP contribution in [0.15, 0.2) is 47.2 Å². The number of ketones is 2. The van der Waals surface area contributed by atoms with Crippen LogP contribution >= 0.6 is 0 Å². The van der Waals surface area contributed by atoms with Crippen molar-refractivity contribution in [1.29, 1.82) is 0 Å². The lowest BCUT2D eigenvalue weighted by Crippen LogP contribution is -2.65. The number of hydrogen-bond donors (Lipinski definition) is 7. The number of likely N-dealkylation sites (N-methyl/N-ethyl adjacent to an activating group) is 1. The zero-order valence-electron chi connectivity index (χ0n) is 25.3. The number of nitrogens with one attached hydrogen (secondary N) is 2. The van der Waals surface area contributed by atoms with Gasteiger partial charge in [0.15, 0.2) is 17.1 Å². The second-order valence-electron chi connectivity index (χ2n) is 11.8. The normalized spacial score (nSPS) is 24.1. The number of nitrogens with two attached hydrogens (primary N) is 1. The summed E-state index contributed by atoms with van der Waals surface area (Å²) in [6, 6.07) is 6.18. The van der Waals surface area contributed by atoms with E-state index < -0.39 is 69.8 Å². The summed E-state index contributed by atoms with van der Waals surface area (Å²) < 4.78 is 5.12. The molecule has 0 bridgehead atoms. The Labute approximate surface area is 258 Å². The Kier molecular flexibility index (Phi) is 7.75. The number of hydrogen-bond acceptors (Lipinski definition) is 11. The van der Waals surface area contributed by atoms with E-state index in [1.54, 1.807) is 43.3 Å². The van der Waals surface area contributed by atoms with Crippen LogP contribution in [0.5, 0.6) is 11.5 Å². The lowest BCUT2D eigenvalue weighted by molar-refractivity contribution is -0.153. The van der Waals surface area contributed by atoms with Gasteiger partial charge in [-0.15, -0.1) is 0 Å². The Morgan fingerprint density at radius 2 is 1.69 bits per heavy atom. The van der Waals surface area contributed by atoms with E-state index in [0.717, 1.165) is 0 Å². The van der Waals surface area contributed by atoms with E-state index in [0.29, 0.717) is 22.7 Å². The fourth-order valence-electron chi connectivity index (χ4n) is 6.75. The second-order valence-corrected chi connectivity index (χ2v) is 11.8. The number of anilines is 3. The van der Waals surface area contributed by atoms with Crippen LogP contribution in [0.4, 0.5) is 21.9 Å². The van der Waals surface area contributed by atoms with Crippen molar-refractivity contribution in [2.45, 2.75) is 24.5 Å². The molecule has 8 N–H and O–H groups in total. The number of methoxy groups -OCH3 is 1. The number of phenols is 1. The fourth-order valence-corrected chi connectivity index (χ4v) is 6.75. The molecule has 2 aromatic rings. The van der Waals surface area contributed by atoms with E-state index in [1.165, 1.54) is 32.2 Å². The summed E-state index contributed by atoms with van der Waals surface area (Å²) in [4.78, 5) is 55.6. The number of Topliss-reactive ketones (excluding diaryl/α,β-unsaturated/α-hetero) is 2. The highest BCUT2D eigenvalue weighted by Gasteiger charge is 2.64. The molecule has 1 fully saturated rings. The summed E-state index contributed by atoms with van der Waals surface area (Å²) in [5.41, 5.74) is 2.65. The Hall–Kier alpha value is -5.08. The topological polar surface area (TPSA) is 215 Å². The number of carbonyl (C=O) groups is 4. The largest absolute Gasteiger partial charge is 0.508 e. The molecule has 14 heteroatoms. The lowest BCUT2D eigenvalue weighted by Gasteiger charge is -2.50. The van der Waals surface area contributed by atoms with E-state index in [2.05, 4.69) is 10.6 Å². The van der Waals surface area contributed by atoms with Gasteiger partial charge in [-0.3, -0.25) is 19.3 Å². The van der Waals surface area contributed by atoms with E-state index in [4.69, 9.17) is 10.5 Å². The second kappa shape index (κ2) is 11.1. The molecule has 14 nitrogen and oxygen atoms in total. The van der Waals surface area contributed by atoms with Crippen molar-refractivity contribution in [3.05, 3.63) is 58.4 Å². The number of carbonyl (C=O) groups excluding carboxylic acids is 4. The highest BCUT2D eigenvalue weighted by molar-refractivity contribution is 6.24. The first-order chi connectivity index (χ1) is 21.1. The number of aromatic hydroxyl groups is 1. The molecule has 3 aliphatic rings. The van der Waals surface area contributed by atoms with Crippen LogP contribution in [0.25, 0.3) is 5.76 Å². The maximum atomic E-state index is 14.1. The number of rotatable bonds is 6. The molecule has 0 unspecified atom stereocenters. The van der Waals surface area contributed by atoms with Crippen LogP contribution < -0.4 is 26.0 Å². The van der Waals surface area contributed by atoms with Gasteiger partial charge in [-0.05, 0) is 68.8 Å². The van der Waals surface area contributed by atoms with E-state index in [9.17, 15) is 39.6 Å². The number of fused-ring (bicyclic) bond motifs is 3. The molecule has 0 saturated heterocycles. The quantitative estimate of drug-likeness (QED) is 0.182. The molecule has 0 heterocycles. The van der Waals surface area contributed by atoms with Gasteiger partial charge >= 0.3 is 6.03 Å². The highest BCUT2D eigenvalue weighted by atomic mass is 16.5. The van der Waals surface area contributed by atoms with Gasteiger partial charge in [0.1, 0.15) is 22.8 Å². The maximum Gasteiger partial charge on any atom is 0.323 e. The first-order valence-electron chi connectivity index (χ1n) is 14.1. The zero-order valence-corrected chi connectivity index (χ0v) is 25.3. The van der Waals surface area contributed by atoms with Crippen LogP contribution in [0.1, 0.15) is 17.5 Å². The molecule has 3 aliphatic carbocycles. The van der Waals surface area contributed by atoms with Gasteiger partial charge in [0, 0.05) is 37.0 Å². The van der Waals surface area contributed by atoms with Crippen LogP contribution in [-0.4, -0.2) is 95.8 Å². The number of benzene rings is 2. The summed E-state index contributed by atoms with van der Waals surface area (Å²) in [5, 5.41) is 51.0. The third kappa shape index (κ3) is 4.82. The van der Waals surface area contributed by atoms with Crippen LogP contribution in [-0.2, 0) is 20.8 Å². The minimum Gasteiger partial charge on any atom is -0.508 e. The van der Waals surface area contributed by atoms with Gasteiger partial charge in [0.2, 0.25) is 5.78 Å². The number of phenolic OH excluding ortho intramolecular Hbond substituents is 1. The van der Waals surface area contributed by atoms with Gasteiger partial charge in [-0.25, -0.2) is 4.79 Å². The Morgan fingerprint density at radius 1 is 1.04 bits per heavy atom. The van der Waals surface area contributed by atoms with Crippen LogP contribution in [0, 0.1) is 11.8 Å². The summed E-state index contributed by atoms with van der Waals surface area (Å²) in [6.07, 6.45) is 0.0671. The Balaban J connectivity index is 1.61. The molecule has 5 rings (SSSR count). The third-order valence-electron chi connectivity index (χ3n) is 8.78. The Bertz CT molecular complexity index is 1700. The number of aliphatic hydroxyl groups excluding tert-OH is 2. The summed E-state index contributed by atoms with van der Waals surface area (Å²) in [5.74, 6) is -6.94. The number of amides is 3. The van der Waals surface area contributed by atoms with Crippen molar-refractivity contribution >= 4 is 46.3 Å². The van der Waals surface area contributed by atoms with Crippen molar-refractivity contribution in [1.82, 2.24) is 4.90 Å². The predicted octanol–water partition coefficient (Wildman–Crippen LogP) is 1.68. The molecule has 2 aromatic carbocycles. The number of primary amides is 1. The molecule has 1 saturated carbocycles. The number of nitrogens with zero attached hydrogens (tertiary/aromatic N) is 2. The summed E-state index contributed by atoms with van der Waals surface area (Å²) in [7, 11) is 8.04. The molecule has 0 spiro atoms. The zero-order chi connectivity index (χ0) is 33.1. The molecule has 45 heavy (non-hydrogen) atoms. The van der Waals surface area contributed by atoms with Crippen LogP contribution in [0.2, 0.25) is 0 Å². The van der Waals surface area contributed by atoms with Crippen LogP contribution in [0.3, 0.4) is 0 Å². The molecule has 0 radical (unpaired) electrons. The van der Waals surface area contributed by atoms with E-state index in [-0.39, 0.29) is 29.7 Å². The van der Waals surface area contributed by atoms with Gasteiger partial charge < -0.3 is 46.4 Å². The van der Waals surface area contributed by atoms with Gasteiger partial charge in [0.05, 0.1) is 24.4 Å². The van der Waals surface area contributed by atoms with E-state index in [1.807, 2.05) is 0 Å². The molecule has 238 valence electrons. The number of urea groups is 1. The first kappa shape index (κ1) is 31.3. The molecule has 3 amide bonds. The van der Waals surface area contributed by atoms with Gasteiger partial charge in [0.25, 0.3) is 5.91 Å². The average Bonchev–Trinajstić information content (AvgIpc) is 2.96. The molecule has 0 aromatic heterocycles. The Morgan fingerprint density at radius 3 is 2.24 bits per heavy atom. The predicted molar refractivity (Wildman–Crippen MR) is 164 cm³/mol. The SMILES string of the molecule is COc1ccc(NC(=O)Nc2cc(N(C)C)c3c(c2O)C(O)=C2C(=O)[C@@]4(O)C(O)=C(C(N)=O)C(=O)[C@H](N(C)C)[C@H]4C[C@H]2C3)cc1. The minimum absolute atomic E-state index is 0.0380. The monoisotopic (exact) mass is 621 g/mol. The molecule has 4 atom stereocenters. The standard InChI is InChI=1S/C31H35N5O9/c1-35(2)19-12-18(34-30(43)33-14-6-8-15(45-5)9-7-14)24(37)21-16(19)10-13-11-17-23(36(3)4)26(39)22(29(32)42)28(41)31(17,44)27(40)20(13)25(21)38/h6-9,12-13,17,23,37-38,41,44H,10-11H2,1-5H3,(H2,32,42)(H2,33,34,43)/t13-,17-,23-,31-/m1/s1. The summed E-state index contributed by atoms with van der Waals surface area (Å²) >= 11 is 0. The minimum atomic E-state index is -2.75. The first-order valence-corrected chi connectivity index (χ1v) is 14.1. The fraction of sp³-hybridized carbons (Fsp3) is 0.355. The van der Waals surface area contributed by atoms with E-state index >= 15 is 0 Å². The average molecular weight is 622 g/mol. The van der Waals surface area contributed by atoms with Crippen molar-refractivity contribution in [3.63, 3.8) is 0 Å². The lowest BCUT2D eigenvalue weighted by atomic mass is 9.57. The van der Waals surface area contributed by atoms with Crippen molar-refractivity contribution in [3.8, 4) is 11.5 Å². The van der Waals surface area contributed by atoms with Crippen molar-refractivity contribution in [2.24, 2.45) is 17.6 Å². The number of ether oxygens (including phenoxy) is 1. The molecular weight excluding hydrogens is 586 g/mol. The number of aliphatic hydroxyl groups is 3. The smallest absolute Gasteiger partial charge is 0.323 e. The van der Waals surface area contributed by atoms with Gasteiger partial charge in [-0.2, -0.15) is 0 Å². The molecular formula is C31H35N5O9. The summed E-state index contributed by atoms with van der Waals surface area (Å²) in [6.45, 7) is 0. The van der Waals surface area contributed by atoms with Crippen molar-refractivity contribution in [2.75, 3.05) is 50.8 Å². The van der Waals surface area contributed by atoms with Gasteiger partial charge in [-0.1, -0.05) is 0 Å².